The van der Waals surface area contributed by atoms with Gasteiger partial charge in [-0.25, -0.2) is 4.98 Å². The average molecular weight is 266 g/mol. The SMILES string of the molecule is Cc1nc(C)c(C(C)NC(C)c2cccs2)s1. The summed E-state index contributed by atoms with van der Waals surface area (Å²) in [5.74, 6) is 0. The van der Waals surface area contributed by atoms with Crippen LogP contribution in [0.15, 0.2) is 17.5 Å². The quantitative estimate of drug-likeness (QED) is 0.895. The second-order valence-corrected chi connectivity index (χ2v) is 6.52. The molecule has 92 valence electrons. The molecule has 0 aliphatic carbocycles. The molecule has 2 atom stereocenters. The molecule has 0 saturated heterocycles. The van der Waals surface area contributed by atoms with Crippen LogP contribution in [0.3, 0.4) is 0 Å². The maximum Gasteiger partial charge on any atom is 0.0900 e. The van der Waals surface area contributed by atoms with Gasteiger partial charge >= 0.3 is 0 Å². The second kappa shape index (κ2) is 5.29. The lowest BCUT2D eigenvalue weighted by Gasteiger charge is -2.18. The fourth-order valence-corrected chi connectivity index (χ4v) is 3.70. The Kier molecular flexibility index (Phi) is 3.97. The molecule has 0 saturated carbocycles. The van der Waals surface area contributed by atoms with E-state index in [2.05, 4.69) is 55.5 Å². The third-order valence-electron chi connectivity index (χ3n) is 2.80. The number of thiazole rings is 1. The monoisotopic (exact) mass is 266 g/mol. The summed E-state index contributed by atoms with van der Waals surface area (Å²) in [5.41, 5.74) is 1.16. The average Bonchev–Trinajstić information content (AvgIpc) is 2.87. The van der Waals surface area contributed by atoms with Crippen molar-refractivity contribution in [3.8, 4) is 0 Å². The van der Waals surface area contributed by atoms with Crippen molar-refractivity contribution in [3.63, 3.8) is 0 Å². The second-order valence-electron chi connectivity index (χ2n) is 4.31. The van der Waals surface area contributed by atoms with Gasteiger partial charge in [-0.1, -0.05) is 6.07 Å². The van der Waals surface area contributed by atoms with Gasteiger partial charge in [-0.2, -0.15) is 0 Å². The Morgan fingerprint density at radius 3 is 2.53 bits per heavy atom. The van der Waals surface area contributed by atoms with Crippen LogP contribution >= 0.6 is 22.7 Å². The molecular weight excluding hydrogens is 248 g/mol. The van der Waals surface area contributed by atoms with Crippen LogP contribution in [-0.2, 0) is 0 Å². The lowest BCUT2D eigenvalue weighted by molar-refractivity contribution is 0.503. The lowest BCUT2D eigenvalue weighted by atomic mass is 10.2. The minimum atomic E-state index is 0.360. The van der Waals surface area contributed by atoms with Crippen molar-refractivity contribution in [3.05, 3.63) is 38.0 Å². The first kappa shape index (κ1) is 12.7. The van der Waals surface area contributed by atoms with Crippen LogP contribution in [0.2, 0.25) is 0 Å². The predicted octanol–water partition coefficient (Wildman–Crippen LogP) is 4.23. The molecule has 17 heavy (non-hydrogen) atoms. The van der Waals surface area contributed by atoms with E-state index < -0.39 is 0 Å². The molecule has 0 spiro atoms. The van der Waals surface area contributed by atoms with Crippen molar-refractivity contribution < 1.29 is 0 Å². The Bertz CT molecular complexity index is 474. The van der Waals surface area contributed by atoms with Gasteiger partial charge in [0.05, 0.1) is 10.7 Å². The highest BCUT2D eigenvalue weighted by atomic mass is 32.1. The minimum Gasteiger partial charge on any atom is -0.302 e. The summed E-state index contributed by atoms with van der Waals surface area (Å²) in [6, 6.07) is 5.04. The zero-order chi connectivity index (χ0) is 12.4. The summed E-state index contributed by atoms with van der Waals surface area (Å²) in [6.07, 6.45) is 0. The zero-order valence-corrected chi connectivity index (χ0v) is 12.3. The van der Waals surface area contributed by atoms with Crippen molar-refractivity contribution in [2.24, 2.45) is 0 Å². The number of nitrogens with zero attached hydrogens (tertiary/aromatic N) is 1. The standard InChI is InChI=1S/C13H18N2S2/c1-8(12-6-5-7-16-12)14-9(2)13-10(3)15-11(4)17-13/h5-9,14H,1-4H3. The summed E-state index contributed by atoms with van der Waals surface area (Å²) in [6.45, 7) is 8.58. The van der Waals surface area contributed by atoms with Gasteiger partial charge in [-0.15, -0.1) is 22.7 Å². The number of hydrogen-bond acceptors (Lipinski definition) is 4. The van der Waals surface area contributed by atoms with E-state index in [0.717, 1.165) is 10.7 Å². The van der Waals surface area contributed by atoms with E-state index in [4.69, 9.17) is 0 Å². The van der Waals surface area contributed by atoms with Gasteiger partial charge in [-0.05, 0) is 39.1 Å². The molecule has 0 aliphatic rings. The maximum absolute atomic E-state index is 4.48. The molecule has 2 aromatic heterocycles. The van der Waals surface area contributed by atoms with E-state index in [1.165, 1.54) is 9.75 Å². The first-order valence-corrected chi connectivity index (χ1v) is 7.51. The molecular formula is C13H18N2S2. The van der Waals surface area contributed by atoms with Crippen LogP contribution in [0.5, 0.6) is 0 Å². The van der Waals surface area contributed by atoms with Crippen molar-refractivity contribution in [1.29, 1.82) is 0 Å². The molecule has 0 bridgehead atoms. The number of rotatable bonds is 4. The fourth-order valence-electron chi connectivity index (χ4n) is 2.02. The highest BCUT2D eigenvalue weighted by Crippen LogP contribution is 2.27. The maximum atomic E-state index is 4.48. The molecule has 0 aromatic carbocycles. The van der Waals surface area contributed by atoms with Crippen molar-refractivity contribution >= 4 is 22.7 Å². The van der Waals surface area contributed by atoms with Crippen LogP contribution < -0.4 is 5.32 Å². The first-order valence-electron chi connectivity index (χ1n) is 5.81. The molecule has 0 amide bonds. The minimum absolute atomic E-state index is 0.360. The zero-order valence-electron chi connectivity index (χ0n) is 10.7. The summed E-state index contributed by atoms with van der Waals surface area (Å²) >= 11 is 3.59. The van der Waals surface area contributed by atoms with Gasteiger partial charge < -0.3 is 5.32 Å². The number of aryl methyl sites for hydroxylation is 2. The fraction of sp³-hybridized carbons (Fsp3) is 0.462. The van der Waals surface area contributed by atoms with Crippen LogP contribution in [0, 0.1) is 13.8 Å². The smallest absolute Gasteiger partial charge is 0.0900 e. The van der Waals surface area contributed by atoms with Gasteiger partial charge in [0.25, 0.3) is 0 Å². The molecule has 2 aromatic rings. The third kappa shape index (κ3) is 2.94. The molecule has 2 nitrogen and oxygen atoms in total. The highest BCUT2D eigenvalue weighted by molar-refractivity contribution is 7.11. The van der Waals surface area contributed by atoms with Crippen molar-refractivity contribution in [1.82, 2.24) is 10.3 Å². The Hall–Kier alpha value is -0.710. The highest BCUT2D eigenvalue weighted by Gasteiger charge is 2.16. The summed E-state index contributed by atoms with van der Waals surface area (Å²) in [5, 5.41) is 6.91. The van der Waals surface area contributed by atoms with Crippen LogP contribution in [-0.4, -0.2) is 4.98 Å². The third-order valence-corrected chi connectivity index (χ3v) is 5.11. The van der Waals surface area contributed by atoms with Crippen LogP contribution in [0.1, 0.15) is 46.4 Å². The predicted molar refractivity (Wildman–Crippen MR) is 75.9 cm³/mol. The van der Waals surface area contributed by atoms with E-state index in [1.54, 1.807) is 22.7 Å². The molecule has 2 unspecified atom stereocenters. The summed E-state index contributed by atoms with van der Waals surface area (Å²) in [7, 11) is 0. The normalized spacial score (nSPS) is 14.8. The lowest BCUT2D eigenvalue weighted by Crippen LogP contribution is -2.21. The Labute approximate surface area is 111 Å². The van der Waals surface area contributed by atoms with E-state index in [9.17, 15) is 0 Å². The van der Waals surface area contributed by atoms with Gasteiger partial charge in [0, 0.05) is 21.8 Å². The van der Waals surface area contributed by atoms with Crippen LogP contribution in [0.25, 0.3) is 0 Å². The van der Waals surface area contributed by atoms with E-state index >= 15 is 0 Å². The Balaban J connectivity index is 2.06. The van der Waals surface area contributed by atoms with Gasteiger partial charge in [0.2, 0.25) is 0 Å². The Morgan fingerprint density at radius 1 is 1.24 bits per heavy atom. The van der Waals surface area contributed by atoms with Crippen LogP contribution in [0.4, 0.5) is 0 Å². The largest absolute Gasteiger partial charge is 0.302 e. The number of nitrogens with one attached hydrogen (secondary N) is 1. The molecule has 0 fully saturated rings. The van der Waals surface area contributed by atoms with Gasteiger partial charge in [-0.3, -0.25) is 0 Å². The number of thiophene rings is 1. The van der Waals surface area contributed by atoms with E-state index in [-0.39, 0.29) is 0 Å². The molecule has 2 rings (SSSR count). The summed E-state index contributed by atoms with van der Waals surface area (Å²) in [4.78, 5) is 7.22. The topological polar surface area (TPSA) is 24.9 Å². The Morgan fingerprint density at radius 2 is 2.00 bits per heavy atom. The van der Waals surface area contributed by atoms with Crippen molar-refractivity contribution in [2.75, 3.05) is 0 Å². The van der Waals surface area contributed by atoms with Crippen molar-refractivity contribution in [2.45, 2.75) is 39.8 Å². The molecule has 1 N–H and O–H groups in total. The van der Waals surface area contributed by atoms with E-state index in [1.807, 2.05) is 0 Å². The first-order chi connectivity index (χ1) is 8.08. The molecule has 0 radical (unpaired) electrons. The van der Waals surface area contributed by atoms with E-state index in [0.29, 0.717) is 12.1 Å². The number of aromatic nitrogens is 1. The molecule has 2 heterocycles. The van der Waals surface area contributed by atoms with Gasteiger partial charge in [0.1, 0.15) is 0 Å². The van der Waals surface area contributed by atoms with Gasteiger partial charge in [0.15, 0.2) is 0 Å². The number of hydrogen-bond donors (Lipinski definition) is 1. The molecule has 4 heteroatoms. The summed E-state index contributed by atoms with van der Waals surface area (Å²) < 4.78 is 0. The molecule has 0 aliphatic heterocycles.